The lowest BCUT2D eigenvalue weighted by atomic mass is 10.2. The zero-order chi connectivity index (χ0) is 20.9. The van der Waals surface area contributed by atoms with Gasteiger partial charge >= 0.3 is 5.97 Å². The normalized spacial score (nSPS) is 11.4. The van der Waals surface area contributed by atoms with Crippen molar-refractivity contribution >= 4 is 21.7 Å². The summed E-state index contributed by atoms with van der Waals surface area (Å²) in [4.78, 5) is 22.4. The van der Waals surface area contributed by atoms with Gasteiger partial charge in [0.1, 0.15) is 12.4 Å². The minimum atomic E-state index is -3.89. The van der Waals surface area contributed by atoms with E-state index in [4.69, 9.17) is 4.74 Å². The molecule has 2 aromatic rings. The van der Waals surface area contributed by atoms with E-state index < -0.39 is 38.9 Å². The predicted molar refractivity (Wildman–Crippen MR) is 98.7 cm³/mol. The number of sulfonamides is 1. The molecule has 0 spiro atoms. The summed E-state index contributed by atoms with van der Waals surface area (Å²) in [6.07, 6.45) is 0. The van der Waals surface area contributed by atoms with Crippen LogP contribution in [0.4, 0.5) is 10.1 Å². The molecule has 0 aromatic heterocycles. The number of ether oxygens (including phenoxy) is 1. The molecule has 2 rings (SSSR count). The van der Waals surface area contributed by atoms with Crippen LogP contribution in [0.25, 0.3) is 0 Å². The zero-order valence-electron chi connectivity index (χ0n) is 15.3. The Morgan fingerprint density at radius 3 is 2.43 bits per heavy atom. The number of halogens is 1. The predicted octanol–water partition coefficient (Wildman–Crippen LogP) is 3.12. The third-order valence-electron chi connectivity index (χ3n) is 4.05. The summed E-state index contributed by atoms with van der Waals surface area (Å²) < 4.78 is 45.3. The molecule has 0 unspecified atom stereocenters. The highest BCUT2D eigenvalue weighted by molar-refractivity contribution is 7.89. The zero-order valence-corrected chi connectivity index (χ0v) is 16.1. The van der Waals surface area contributed by atoms with Crippen molar-refractivity contribution in [2.75, 3.05) is 13.1 Å². The van der Waals surface area contributed by atoms with Crippen LogP contribution in [0.2, 0.25) is 0 Å². The number of para-hydroxylation sites is 1. The first kappa shape index (κ1) is 21.5. The third kappa shape index (κ3) is 4.52. The lowest BCUT2D eigenvalue weighted by Crippen LogP contribution is -2.30. The van der Waals surface area contributed by atoms with E-state index in [1.165, 1.54) is 28.6 Å². The molecule has 28 heavy (non-hydrogen) atoms. The van der Waals surface area contributed by atoms with Crippen LogP contribution in [-0.2, 0) is 21.4 Å². The van der Waals surface area contributed by atoms with Crippen LogP contribution in [0.5, 0.6) is 0 Å². The number of benzene rings is 2. The van der Waals surface area contributed by atoms with Crippen LogP contribution >= 0.6 is 0 Å². The highest BCUT2D eigenvalue weighted by Gasteiger charge is 2.25. The average Bonchev–Trinajstić information content (AvgIpc) is 2.67. The Morgan fingerprint density at radius 1 is 1.18 bits per heavy atom. The molecular weight excluding hydrogens is 391 g/mol. The number of nitro benzene ring substituents is 1. The third-order valence-corrected chi connectivity index (χ3v) is 6.09. The maximum Gasteiger partial charge on any atom is 0.341 e. The van der Waals surface area contributed by atoms with E-state index in [0.717, 1.165) is 18.2 Å². The van der Waals surface area contributed by atoms with Gasteiger partial charge in [-0.25, -0.2) is 17.6 Å². The van der Waals surface area contributed by atoms with Crippen molar-refractivity contribution in [1.29, 1.82) is 0 Å². The summed E-state index contributed by atoms with van der Waals surface area (Å²) in [5, 5.41) is 11.0. The van der Waals surface area contributed by atoms with Crippen LogP contribution < -0.4 is 0 Å². The number of esters is 1. The van der Waals surface area contributed by atoms with Gasteiger partial charge in [-0.15, -0.1) is 0 Å². The smallest absolute Gasteiger partial charge is 0.341 e. The Balaban J connectivity index is 2.28. The van der Waals surface area contributed by atoms with E-state index >= 15 is 0 Å². The molecule has 0 aliphatic heterocycles. The molecule has 0 aliphatic carbocycles. The number of nitrogens with zero attached hydrogens (tertiary/aromatic N) is 2. The molecule has 10 heteroatoms. The molecule has 8 nitrogen and oxygen atoms in total. The molecule has 0 saturated heterocycles. The Labute approximate surface area is 161 Å². The van der Waals surface area contributed by atoms with Crippen LogP contribution in [0, 0.1) is 15.9 Å². The minimum absolute atomic E-state index is 0.133. The SMILES string of the molecule is CCN(CC)S(=O)(=O)c1ccc(F)c(C(=O)OCc2ccccc2[N+](=O)[O-])c1. The van der Waals surface area contributed by atoms with E-state index in [9.17, 15) is 27.7 Å². The molecule has 0 bridgehead atoms. The molecule has 0 heterocycles. The highest BCUT2D eigenvalue weighted by atomic mass is 32.2. The maximum absolute atomic E-state index is 14.1. The number of hydrogen-bond acceptors (Lipinski definition) is 6. The van der Waals surface area contributed by atoms with E-state index in [-0.39, 0.29) is 29.2 Å². The molecule has 0 atom stereocenters. The number of nitro groups is 1. The van der Waals surface area contributed by atoms with E-state index in [1.807, 2.05) is 0 Å². The van der Waals surface area contributed by atoms with Gasteiger partial charge < -0.3 is 4.74 Å². The summed E-state index contributed by atoms with van der Waals surface area (Å²) in [5.41, 5.74) is -0.673. The van der Waals surface area contributed by atoms with Crippen molar-refractivity contribution in [1.82, 2.24) is 4.31 Å². The molecule has 0 N–H and O–H groups in total. The quantitative estimate of drug-likeness (QED) is 0.376. The van der Waals surface area contributed by atoms with Gasteiger partial charge in [0.05, 0.1) is 20.9 Å². The fourth-order valence-electron chi connectivity index (χ4n) is 2.57. The molecule has 0 fully saturated rings. The highest BCUT2D eigenvalue weighted by Crippen LogP contribution is 2.22. The van der Waals surface area contributed by atoms with Gasteiger partial charge in [-0.05, 0) is 24.3 Å². The average molecular weight is 410 g/mol. The standard InChI is InChI=1S/C18H19FN2O6S/c1-3-20(4-2)28(25,26)14-9-10-16(19)15(11-14)18(22)27-12-13-7-5-6-8-17(13)21(23)24/h5-11H,3-4,12H2,1-2H3. The molecule has 0 amide bonds. The summed E-state index contributed by atoms with van der Waals surface area (Å²) >= 11 is 0. The second-order valence-electron chi connectivity index (χ2n) is 5.69. The molecular formula is C18H19FN2O6S. The lowest BCUT2D eigenvalue weighted by Gasteiger charge is -2.18. The minimum Gasteiger partial charge on any atom is -0.457 e. The maximum atomic E-state index is 14.1. The van der Waals surface area contributed by atoms with Gasteiger partial charge in [0, 0.05) is 19.2 Å². The fourth-order valence-corrected chi connectivity index (χ4v) is 4.05. The van der Waals surface area contributed by atoms with Crippen molar-refractivity contribution in [3.8, 4) is 0 Å². The van der Waals surface area contributed by atoms with Gasteiger partial charge in [-0.3, -0.25) is 10.1 Å². The van der Waals surface area contributed by atoms with Gasteiger partial charge in [0.2, 0.25) is 10.0 Å². The van der Waals surface area contributed by atoms with E-state index in [0.29, 0.717) is 0 Å². The van der Waals surface area contributed by atoms with Crippen LogP contribution in [0.1, 0.15) is 29.8 Å². The first-order chi connectivity index (χ1) is 13.2. The van der Waals surface area contributed by atoms with E-state index in [2.05, 4.69) is 0 Å². The topological polar surface area (TPSA) is 107 Å². The molecule has 0 radical (unpaired) electrons. The van der Waals surface area contributed by atoms with Crippen molar-refractivity contribution in [2.45, 2.75) is 25.3 Å². The fraction of sp³-hybridized carbons (Fsp3) is 0.278. The Kier molecular flexibility index (Phi) is 6.81. The molecule has 2 aromatic carbocycles. The first-order valence-corrected chi connectivity index (χ1v) is 9.85. The largest absolute Gasteiger partial charge is 0.457 e. The number of rotatable bonds is 8. The number of carbonyl (C=O) groups is 1. The first-order valence-electron chi connectivity index (χ1n) is 8.41. The summed E-state index contributed by atoms with van der Waals surface area (Å²) in [6.45, 7) is 3.29. The summed E-state index contributed by atoms with van der Waals surface area (Å²) in [6, 6.07) is 8.51. The van der Waals surface area contributed by atoms with Crippen molar-refractivity contribution in [2.24, 2.45) is 0 Å². The Morgan fingerprint density at radius 2 is 1.82 bits per heavy atom. The number of carbonyl (C=O) groups excluding carboxylic acids is 1. The lowest BCUT2D eigenvalue weighted by molar-refractivity contribution is -0.385. The second-order valence-corrected chi connectivity index (χ2v) is 7.63. The Hall–Kier alpha value is -2.85. The summed E-state index contributed by atoms with van der Waals surface area (Å²) in [5.74, 6) is -2.07. The van der Waals surface area contributed by atoms with Crippen molar-refractivity contribution in [3.05, 3.63) is 69.5 Å². The van der Waals surface area contributed by atoms with Crippen LogP contribution in [0.3, 0.4) is 0 Å². The van der Waals surface area contributed by atoms with Gasteiger partial charge in [0.25, 0.3) is 5.69 Å². The van der Waals surface area contributed by atoms with Gasteiger partial charge in [-0.1, -0.05) is 26.0 Å². The molecule has 0 saturated carbocycles. The molecule has 0 aliphatic rings. The van der Waals surface area contributed by atoms with E-state index in [1.54, 1.807) is 13.8 Å². The number of hydrogen-bond donors (Lipinski definition) is 0. The van der Waals surface area contributed by atoms with Gasteiger partial charge in [0.15, 0.2) is 0 Å². The van der Waals surface area contributed by atoms with Crippen molar-refractivity contribution in [3.63, 3.8) is 0 Å². The van der Waals surface area contributed by atoms with Gasteiger partial charge in [-0.2, -0.15) is 4.31 Å². The van der Waals surface area contributed by atoms with Crippen LogP contribution in [0.15, 0.2) is 47.4 Å². The summed E-state index contributed by atoms with van der Waals surface area (Å²) in [7, 11) is -3.89. The second kappa shape index (κ2) is 8.89. The Bertz CT molecular complexity index is 989. The van der Waals surface area contributed by atoms with Crippen LogP contribution in [-0.4, -0.2) is 36.7 Å². The van der Waals surface area contributed by atoms with Crippen molar-refractivity contribution < 1.29 is 27.3 Å². The monoisotopic (exact) mass is 410 g/mol. The molecule has 150 valence electrons.